The second-order valence-corrected chi connectivity index (χ2v) is 10.2. The van der Waals surface area contributed by atoms with Gasteiger partial charge in [-0.05, 0) is 62.4 Å². The maximum absolute atomic E-state index is 3.72. The van der Waals surface area contributed by atoms with E-state index in [1.165, 1.54) is 53.9 Å². The maximum atomic E-state index is 3.72. The van der Waals surface area contributed by atoms with E-state index in [0.717, 1.165) is 4.47 Å². The third kappa shape index (κ3) is 2.22. The molecule has 0 radical (unpaired) electrons. The van der Waals surface area contributed by atoms with Crippen molar-refractivity contribution in [3.05, 3.63) is 130 Å². The van der Waals surface area contributed by atoms with Crippen LogP contribution in [0.25, 0.3) is 21.9 Å². The summed E-state index contributed by atoms with van der Waals surface area (Å²) in [5.74, 6) is 0. The summed E-state index contributed by atoms with van der Waals surface area (Å²) >= 11 is 5.60. The van der Waals surface area contributed by atoms with Crippen LogP contribution in [0.4, 0.5) is 0 Å². The number of benzene rings is 5. The lowest BCUT2D eigenvalue weighted by molar-refractivity contribution is 0.706. The Morgan fingerprint density at radius 2 is 1.23 bits per heavy atom. The highest BCUT2D eigenvalue weighted by Gasteiger charge is 2.48. The third-order valence-corrected chi connectivity index (χ3v) is 8.42. The van der Waals surface area contributed by atoms with Gasteiger partial charge in [-0.25, -0.2) is 0 Å². The molecule has 1 heterocycles. The van der Waals surface area contributed by atoms with Crippen molar-refractivity contribution in [3.63, 3.8) is 0 Å². The van der Waals surface area contributed by atoms with Gasteiger partial charge in [0.2, 0.25) is 0 Å². The van der Waals surface area contributed by atoms with E-state index in [1.807, 2.05) is 11.8 Å². The van der Waals surface area contributed by atoms with Crippen LogP contribution in [0.2, 0.25) is 0 Å². The first-order chi connectivity index (χ1) is 15.3. The van der Waals surface area contributed by atoms with Crippen LogP contribution in [-0.2, 0) is 5.41 Å². The van der Waals surface area contributed by atoms with Crippen LogP contribution < -0.4 is 0 Å². The Bertz CT molecular complexity index is 1530. The molecule has 1 aliphatic carbocycles. The Hall–Kier alpha value is -2.81. The van der Waals surface area contributed by atoms with Gasteiger partial charge >= 0.3 is 0 Å². The predicted octanol–water partition coefficient (Wildman–Crippen LogP) is 8.43. The first-order valence-electron chi connectivity index (χ1n) is 10.5. The first kappa shape index (κ1) is 17.8. The molecule has 146 valence electrons. The molecule has 5 aromatic carbocycles. The lowest BCUT2D eigenvalue weighted by Crippen LogP contribution is -2.36. The summed E-state index contributed by atoms with van der Waals surface area (Å²) in [7, 11) is 0. The minimum atomic E-state index is -0.331. The van der Waals surface area contributed by atoms with E-state index < -0.39 is 0 Å². The van der Waals surface area contributed by atoms with Crippen LogP contribution in [0.15, 0.2) is 117 Å². The molecule has 0 saturated carbocycles. The van der Waals surface area contributed by atoms with Crippen molar-refractivity contribution in [1.29, 1.82) is 0 Å². The molecule has 1 aliphatic heterocycles. The van der Waals surface area contributed by atoms with Crippen molar-refractivity contribution < 1.29 is 0 Å². The summed E-state index contributed by atoms with van der Waals surface area (Å²) in [6.45, 7) is 0. The minimum Gasteiger partial charge on any atom is -0.0894 e. The molecule has 0 aromatic heterocycles. The van der Waals surface area contributed by atoms with Crippen LogP contribution in [0.5, 0.6) is 0 Å². The molecule has 1 atom stereocenters. The Kier molecular flexibility index (Phi) is 3.65. The summed E-state index contributed by atoms with van der Waals surface area (Å²) < 4.78 is 1.12. The SMILES string of the molecule is Brc1ccc2c(c1)Sc1ccccc1C21c2ccccc2-c2cccc3cccc1c23. The molecular weight excluding hydrogens is 460 g/mol. The zero-order valence-electron chi connectivity index (χ0n) is 16.6. The quantitative estimate of drug-likeness (QED) is 0.211. The number of hydrogen-bond donors (Lipinski definition) is 0. The second kappa shape index (κ2) is 6.35. The molecule has 2 heteroatoms. The number of rotatable bonds is 0. The Labute approximate surface area is 194 Å². The van der Waals surface area contributed by atoms with E-state index in [4.69, 9.17) is 0 Å². The molecule has 0 nitrogen and oxygen atoms in total. The molecule has 5 aromatic rings. The maximum Gasteiger partial charge on any atom is 0.0735 e. The van der Waals surface area contributed by atoms with E-state index in [0.29, 0.717) is 0 Å². The lowest BCUT2D eigenvalue weighted by Gasteiger charge is -2.45. The largest absolute Gasteiger partial charge is 0.0894 e. The van der Waals surface area contributed by atoms with Gasteiger partial charge in [0.05, 0.1) is 5.41 Å². The summed E-state index contributed by atoms with van der Waals surface area (Å²) in [5.41, 5.74) is 7.85. The van der Waals surface area contributed by atoms with Gasteiger partial charge in [-0.1, -0.05) is 113 Å². The number of hydrogen-bond acceptors (Lipinski definition) is 1. The van der Waals surface area contributed by atoms with Crippen molar-refractivity contribution >= 4 is 38.5 Å². The van der Waals surface area contributed by atoms with Crippen molar-refractivity contribution in [2.45, 2.75) is 15.2 Å². The van der Waals surface area contributed by atoms with Gasteiger partial charge in [0.25, 0.3) is 0 Å². The van der Waals surface area contributed by atoms with E-state index in [1.54, 1.807) is 0 Å². The van der Waals surface area contributed by atoms with Crippen molar-refractivity contribution in [2.75, 3.05) is 0 Å². The first-order valence-corrected chi connectivity index (χ1v) is 12.1. The molecule has 1 spiro atoms. The highest BCUT2D eigenvalue weighted by molar-refractivity contribution is 9.10. The van der Waals surface area contributed by atoms with Gasteiger partial charge in [0.15, 0.2) is 0 Å². The predicted molar refractivity (Wildman–Crippen MR) is 133 cm³/mol. The summed E-state index contributed by atoms with van der Waals surface area (Å²) in [5, 5.41) is 2.68. The van der Waals surface area contributed by atoms with Gasteiger partial charge in [-0.2, -0.15) is 0 Å². The summed E-state index contributed by atoms with van der Waals surface area (Å²) in [4.78, 5) is 2.65. The van der Waals surface area contributed by atoms with Crippen molar-refractivity contribution in [1.82, 2.24) is 0 Å². The van der Waals surface area contributed by atoms with Crippen molar-refractivity contribution in [2.24, 2.45) is 0 Å². The second-order valence-electron chi connectivity index (χ2n) is 8.24. The summed E-state index contributed by atoms with van der Waals surface area (Å²) in [6, 6.07) is 38.3. The molecule has 7 rings (SSSR count). The Morgan fingerprint density at radius 1 is 0.548 bits per heavy atom. The van der Waals surface area contributed by atoms with Gasteiger partial charge in [0, 0.05) is 14.3 Å². The molecule has 0 saturated heterocycles. The van der Waals surface area contributed by atoms with E-state index >= 15 is 0 Å². The highest BCUT2D eigenvalue weighted by Crippen LogP contribution is 2.61. The lowest BCUT2D eigenvalue weighted by atomic mass is 9.59. The van der Waals surface area contributed by atoms with E-state index in [2.05, 4.69) is 119 Å². The molecule has 1 unspecified atom stereocenters. The van der Waals surface area contributed by atoms with Crippen LogP contribution >= 0.6 is 27.7 Å². The molecule has 0 N–H and O–H groups in total. The number of fused-ring (bicyclic) bond motifs is 8. The van der Waals surface area contributed by atoms with Gasteiger partial charge in [-0.3, -0.25) is 0 Å². The van der Waals surface area contributed by atoms with Gasteiger partial charge in [-0.15, -0.1) is 0 Å². The molecule has 2 aliphatic rings. The van der Waals surface area contributed by atoms with Gasteiger partial charge < -0.3 is 0 Å². The van der Waals surface area contributed by atoms with E-state index in [-0.39, 0.29) is 5.41 Å². The Balaban J connectivity index is 1.78. The third-order valence-electron chi connectivity index (χ3n) is 6.79. The molecule has 0 amide bonds. The molecule has 0 bridgehead atoms. The summed E-state index contributed by atoms with van der Waals surface area (Å²) in [6.07, 6.45) is 0. The zero-order chi connectivity index (χ0) is 20.6. The number of halogens is 1. The topological polar surface area (TPSA) is 0 Å². The zero-order valence-corrected chi connectivity index (χ0v) is 19.0. The molecular formula is C29H17BrS. The standard InChI is InChI=1S/C29H17BrS/c30-19-15-16-24-27(17-19)31-26-14-4-3-12-23(26)29(24)22-11-2-1-9-20(22)21-10-5-7-18-8-6-13-25(29)28(18)21/h1-17H. The molecule has 31 heavy (non-hydrogen) atoms. The van der Waals surface area contributed by atoms with Gasteiger partial charge in [0.1, 0.15) is 0 Å². The van der Waals surface area contributed by atoms with Crippen molar-refractivity contribution in [3.8, 4) is 11.1 Å². The van der Waals surface area contributed by atoms with E-state index in [9.17, 15) is 0 Å². The monoisotopic (exact) mass is 476 g/mol. The molecule has 0 fully saturated rings. The van der Waals surface area contributed by atoms with Crippen LogP contribution in [0.3, 0.4) is 0 Å². The van der Waals surface area contributed by atoms with Crippen LogP contribution in [0.1, 0.15) is 22.3 Å². The minimum absolute atomic E-state index is 0.331. The van der Waals surface area contributed by atoms with Crippen LogP contribution in [0, 0.1) is 0 Å². The Morgan fingerprint density at radius 3 is 2.13 bits per heavy atom. The van der Waals surface area contributed by atoms with Crippen LogP contribution in [-0.4, -0.2) is 0 Å². The fourth-order valence-corrected chi connectivity index (χ4v) is 7.41. The highest BCUT2D eigenvalue weighted by atomic mass is 79.9. The average molecular weight is 477 g/mol. The average Bonchev–Trinajstić information content (AvgIpc) is 2.81. The fraction of sp³-hybridized carbons (Fsp3) is 0.0345. The normalized spacial score (nSPS) is 17.8. The smallest absolute Gasteiger partial charge is 0.0735 e. The fourth-order valence-electron chi connectivity index (χ4n) is 5.67.